The molecule has 2 atom stereocenters. The lowest BCUT2D eigenvalue weighted by Gasteiger charge is -2.29. The van der Waals surface area contributed by atoms with E-state index in [9.17, 15) is 4.39 Å². The Bertz CT molecular complexity index is 969. The summed E-state index contributed by atoms with van der Waals surface area (Å²) < 4.78 is 16.0. The maximum Gasteiger partial charge on any atom is 0.174 e. The second-order valence-corrected chi connectivity index (χ2v) is 7.04. The molecule has 3 aromatic rings. The molecule has 138 valence electrons. The van der Waals surface area contributed by atoms with Gasteiger partial charge in [-0.2, -0.15) is 0 Å². The van der Waals surface area contributed by atoms with E-state index in [1.54, 1.807) is 19.2 Å². The zero-order chi connectivity index (χ0) is 19.0. The number of pyridine rings is 1. The van der Waals surface area contributed by atoms with Gasteiger partial charge in [0.1, 0.15) is 11.9 Å². The SMILES string of the molecule is CCn1cccc1[C@H]1[C@H](c2ccccn2)NC(=S)N1c1ccc(F)c(C)c1. The van der Waals surface area contributed by atoms with E-state index in [0.29, 0.717) is 10.7 Å². The Morgan fingerprint density at radius 2 is 2.04 bits per heavy atom. The van der Waals surface area contributed by atoms with Crippen LogP contribution in [-0.2, 0) is 6.54 Å². The summed E-state index contributed by atoms with van der Waals surface area (Å²) in [6, 6.07) is 15.0. The number of anilines is 1. The summed E-state index contributed by atoms with van der Waals surface area (Å²) in [7, 11) is 0. The van der Waals surface area contributed by atoms with Gasteiger partial charge in [0.2, 0.25) is 0 Å². The number of aryl methyl sites for hydroxylation is 2. The first-order valence-corrected chi connectivity index (χ1v) is 9.43. The molecule has 0 unspecified atom stereocenters. The Morgan fingerprint density at radius 3 is 2.74 bits per heavy atom. The zero-order valence-corrected chi connectivity index (χ0v) is 16.1. The van der Waals surface area contributed by atoms with Gasteiger partial charge >= 0.3 is 0 Å². The van der Waals surface area contributed by atoms with E-state index in [4.69, 9.17) is 12.2 Å². The number of benzene rings is 1. The number of nitrogens with one attached hydrogen (secondary N) is 1. The molecule has 3 heterocycles. The fourth-order valence-electron chi connectivity index (χ4n) is 3.70. The van der Waals surface area contributed by atoms with Crippen molar-refractivity contribution >= 4 is 23.0 Å². The summed E-state index contributed by atoms with van der Waals surface area (Å²) in [6.07, 6.45) is 3.86. The second kappa shape index (κ2) is 7.12. The summed E-state index contributed by atoms with van der Waals surface area (Å²) in [4.78, 5) is 6.62. The number of thiocarbonyl (C=S) groups is 1. The molecule has 0 radical (unpaired) electrons. The number of rotatable bonds is 4. The molecule has 1 aliphatic rings. The molecule has 1 N–H and O–H groups in total. The molecule has 0 spiro atoms. The van der Waals surface area contributed by atoms with E-state index in [2.05, 4.69) is 39.0 Å². The first-order valence-electron chi connectivity index (χ1n) is 9.02. The molecule has 0 amide bonds. The smallest absolute Gasteiger partial charge is 0.174 e. The van der Waals surface area contributed by atoms with Gasteiger partial charge in [-0.1, -0.05) is 6.07 Å². The van der Waals surface area contributed by atoms with Crippen LogP contribution in [0.1, 0.15) is 36.0 Å². The monoisotopic (exact) mass is 380 g/mol. The third-order valence-corrected chi connectivity index (χ3v) is 5.34. The fourth-order valence-corrected chi connectivity index (χ4v) is 4.04. The highest BCUT2D eigenvalue weighted by atomic mass is 32.1. The minimum atomic E-state index is -0.216. The van der Waals surface area contributed by atoms with Crippen molar-refractivity contribution in [2.45, 2.75) is 32.5 Å². The van der Waals surface area contributed by atoms with Crippen molar-refractivity contribution < 1.29 is 4.39 Å². The Labute approximate surface area is 163 Å². The maximum atomic E-state index is 13.8. The Kier molecular flexibility index (Phi) is 4.66. The predicted molar refractivity (Wildman–Crippen MR) is 109 cm³/mol. The molecule has 4 nitrogen and oxygen atoms in total. The Hall–Kier alpha value is -2.73. The van der Waals surface area contributed by atoms with Crippen molar-refractivity contribution in [3.05, 3.63) is 83.7 Å². The predicted octanol–water partition coefficient (Wildman–Crippen LogP) is 4.53. The van der Waals surface area contributed by atoms with Gasteiger partial charge in [0.15, 0.2) is 5.11 Å². The first-order chi connectivity index (χ1) is 13.1. The van der Waals surface area contributed by atoms with Crippen molar-refractivity contribution in [2.24, 2.45) is 0 Å². The molecule has 1 aromatic carbocycles. The van der Waals surface area contributed by atoms with Crippen molar-refractivity contribution in [1.82, 2.24) is 14.9 Å². The van der Waals surface area contributed by atoms with E-state index in [0.717, 1.165) is 23.6 Å². The molecular formula is C21H21FN4S. The van der Waals surface area contributed by atoms with Crippen LogP contribution in [0.5, 0.6) is 0 Å². The van der Waals surface area contributed by atoms with Crippen LogP contribution in [-0.4, -0.2) is 14.7 Å². The van der Waals surface area contributed by atoms with E-state index >= 15 is 0 Å². The highest BCUT2D eigenvalue weighted by Gasteiger charge is 2.41. The van der Waals surface area contributed by atoms with Crippen LogP contribution in [0.3, 0.4) is 0 Å². The van der Waals surface area contributed by atoms with Gasteiger partial charge < -0.3 is 14.8 Å². The Morgan fingerprint density at radius 1 is 1.19 bits per heavy atom. The number of hydrogen-bond acceptors (Lipinski definition) is 2. The van der Waals surface area contributed by atoms with Gasteiger partial charge in [0.05, 0.1) is 11.7 Å². The second-order valence-electron chi connectivity index (χ2n) is 6.65. The molecule has 0 bridgehead atoms. The quantitative estimate of drug-likeness (QED) is 0.674. The summed E-state index contributed by atoms with van der Waals surface area (Å²) in [6.45, 7) is 4.74. The lowest BCUT2D eigenvalue weighted by Crippen LogP contribution is -2.30. The summed E-state index contributed by atoms with van der Waals surface area (Å²) >= 11 is 5.69. The standard InChI is InChI=1S/C21H21FN4S/c1-3-25-12-6-8-18(25)20-19(17-7-4-5-11-23-17)24-21(27)26(20)15-9-10-16(22)14(2)13-15/h4-13,19-20H,3H2,1-2H3,(H,24,27)/t19-,20-/m0/s1. The van der Waals surface area contributed by atoms with Crippen LogP contribution >= 0.6 is 12.2 Å². The molecule has 1 aliphatic heterocycles. The summed E-state index contributed by atoms with van der Waals surface area (Å²) in [5, 5.41) is 4.05. The van der Waals surface area contributed by atoms with Gasteiger partial charge in [0.25, 0.3) is 0 Å². The molecule has 0 aliphatic carbocycles. The first kappa shape index (κ1) is 17.7. The third kappa shape index (κ3) is 3.10. The lowest BCUT2D eigenvalue weighted by atomic mass is 10.0. The minimum Gasteiger partial charge on any atom is -0.351 e. The molecule has 2 aromatic heterocycles. The van der Waals surface area contributed by atoms with Gasteiger partial charge in [-0.3, -0.25) is 4.98 Å². The van der Waals surface area contributed by atoms with Crippen LogP contribution < -0.4 is 10.2 Å². The van der Waals surface area contributed by atoms with E-state index < -0.39 is 0 Å². The largest absolute Gasteiger partial charge is 0.351 e. The van der Waals surface area contributed by atoms with Crippen molar-refractivity contribution in [3.63, 3.8) is 0 Å². The van der Waals surface area contributed by atoms with Gasteiger partial charge in [-0.15, -0.1) is 0 Å². The van der Waals surface area contributed by atoms with Crippen LogP contribution in [0.25, 0.3) is 0 Å². The number of aromatic nitrogens is 2. The zero-order valence-electron chi connectivity index (χ0n) is 15.3. The number of nitrogens with zero attached hydrogens (tertiary/aromatic N) is 3. The molecule has 27 heavy (non-hydrogen) atoms. The highest BCUT2D eigenvalue weighted by molar-refractivity contribution is 7.80. The molecule has 0 saturated carbocycles. The number of halogens is 1. The normalized spacial score (nSPS) is 19.4. The third-order valence-electron chi connectivity index (χ3n) is 5.03. The average Bonchev–Trinajstić information content (AvgIpc) is 3.28. The van der Waals surface area contributed by atoms with Crippen LogP contribution in [0.2, 0.25) is 0 Å². The van der Waals surface area contributed by atoms with Gasteiger partial charge in [0, 0.05) is 30.3 Å². The van der Waals surface area contributed by atoms with E-state index in [1.165, 1.54) is 6.07 Å². The minimum absolute atomic E-state index is 0.0767. The highest BCUT2D eigenvalue weighted by Crippen LogP contribution is 2.41. The number of hydrogen-bond donors (Lipinski definition) is 1. The Balaban J connectivity index is 1.85. The lowest BCUT2D eigenvalue weighted by molar-refractivity contribution is 0.529. The van der Waals surface area contributed by atoms with E-state index in [-0.39, 0.29) is 17.9 Å². The van der Waals surface area contributed by atoms with Crippen molar-refractivity contribution in [3.8, 4) is 0 Å². The molecule has 1 fully saturated rings. The topological polar surface area (TPSA) is 33.1 Å². The fraction of sp³-hybridized carbons (Fsp3) is 0.238. The maximum absolute atomic E-state index is 13.8. The van der Waals surface area contributed by atoms with Crippen LogP contribution in [0.4, 0.5) is 10.1 Å². The van der Waals surface area contributed by atoms with Crippen molar-refractivity contribution in [2.75, 3.05) is 4.90 Å². The van der Waals surface area contributed by atoms with Crippen molar-refractivity contribution in [1.29, 1.82) is 0 Å². The average molecular weight is 380 g/mol. The summed E-state index contributed by atoms with van der Waals surface area (Å²) in [5.74, 6) is -0.216. The van der Waals surface area contributed by atoms with Crippen LogP contribution in [0, 0.1) is 12.7 Å². The van der Waals surface area contributed by atoms with E-state index in [1.807, 2.05) is 30.3 Å². The molecular weight excluding hydrogens is 359 g/mol. The molecule has 6 heteroatoms. The summed E-state index contributed by atoms with van der Waals surface area (Å²) in [5.41, 5.74) is 3.54. The molecule has 1 saturated heterocycles. The van der Waals surface area contributed by atoms with Gasteiger partial charge in [-0.25, -0.2) is 4.39 Å². The van der Waals surface area contributed by atoms with Gasteiger partial charge in [-0.05, 0) is 74.1 Å². The molecule has 4 rings (SSSR count). The van der Waals surface area contributed by atoms with Crippen LogP contribution in [0.15, 0.2) is 60.9 Å².